The zero-order valence-corrected chi connectivity index (χ0v) is 16.4. The number of esters is 1. The molecular weight excluding hydrogens is 390 g/mol. The van der Waals surface area contributed by atoms with Crippen LogP contribution in [-0.4, -0.2) is 45.0 Å². The molecule has 27 heavy (non-hydrogen) atoms. The van der Waals surface area contributed by atoms with Crippen molar-refractivity contribution in [1.29, 1.82) is 0 Å². The molecule has 0 aliphatic carbocycles. The van der Waals surface area contributed by atoms with Gasteiger partial charge in [0.15, 0.2) is 0 Å². The summed E-state index contributed by atoms with van der Waals surface area (Å²) in [6.07, 6.45) is -0.564. The second kappa shape index (κ2) is 8.39. The number of nitrogens with zero attached hydrogens (tertiary/aromatic N) is 1. The molecule has 6 nitrogen and oxygen atoms in total. The minimum atomic E-state index is -3.68. The van der Waals surface area contributed by atoms with E-state index in [4.69, 9.17) is 21.1 Å². The quantitative estimate of drug-likeness (QED) is 0.708. The van der Waals surface area contributed by atoms with Gasteiger partial charge in [-0.25, -0.2) is 13.2 Å². The second-order valence-electron chi connectivity index (χ2n) is 6.11. The number of benzene rings is 2. The Labute approximate surface area is 163 Å². The summed E-state index contributed by atoms with van der Waals surface area (Å²) in [5, 5.41) is 0.501. The summed E-state index contributed by atoms with van der Waals surface area (Å²) in [6.45, 7) is 3.02. The maximum atomic E-state index is 12.8. The van der Waals surface area contributed by atoms with E-state index in [1.165, 1.54) is 28.6 Å². The minimum Gasteiger partial charge on any atom is -0.454 e. The molecule has 2 aromatic carbocycles. The van der Waals surface area contributed by atoms with Crippen molar-refractivity contribution >= 4 is 27.6 Å². The van der Waals surface area contributed by atoms with Crippen LogP contribution in [-0.2, 0) is 19.5 Å². The second-order valence-corrected chi connectivity index (χ2v) is 8.46. The maximum absolute atomic E-state index is 12.8. The van der Waals surface area contributed by atoms with Crippen LogP contribution in [0.5, 0.6) is 0 Å². The maximum Gasteiger partial charge on any atom is 0.338 e. The molecule has 0 bridgehead atoms. The van der Waals surface area contributed by atoms with E-state index in [0.717, 1.165) is 0 Å². The Balaban J connectivity index is 1.78. The van der Waals surface area contributed by atoms with Crippen molar-refractivity contribution in [3.05, 3.63) is 64.7 Å². The van der Waals surface area contributed by atoms with Gasteiger partial charge in [0.1, 0.15) is 6.10 Å². The molecule has 0 radical (unpaired) electrons. The van der Waals surface area contributed by atoms with E-state index in [1.807, 2.05) is 0 Å². The number of halogens is 1. The van der Waals surface area contributed by atoms with Crippen molar-refractivity contribution in [1.82, 2.24) is 4.31 Å². The number of carbonyl (C=O) groups is 1. The van der Waals surface area contributed by atoms with Gasteiger partial charge in [-0.05, 0) is 31.2 Å². The minimum absolute atomic E-state index is 0.0595. The molecule has 0 aromatic heterocycles. The van der Waals surface area contributed by atoms with E-state index < -0.39 is 22.1 Å². The third-order valence-electron chi connectivity index (χ3n) is 4.30. The van der Waals surface area contributed by atoms with Gasteiger partial charge < -0.3 is 9.47 Å². The molecule has 1 saturated heterocycles. The van der Waals surface area contributed by atoms with E-state index in [-0.39, 0.29) is 10.5 Å². The zero-order chi connectivity index (χ0) is 19.4. The van der Waals surface area contributed by atoms with Gasteiger partial charge >= 0.3 is 5.97 Å². The van der Waals surface area contributed by atoms with Crippen LogP contribution in [0.1, 0.15) is 28.9 Å². The lowest BCUT2D eigenvalue weighted by atomic mass is 10.1. The Morgan fingerprint density at radius 3 is 2.56 bits per heavy atom. The topological polar surface area (TPSA) is 72.9 Å². The predicted molar refractivity (Wildman–Crippen MR) is 101 cm³/mol. The number of rotatable bonds is 5. The van der Waals surface area contributed by atoms with Gasteiger partial charge in [-0.1, -0.05) is 35.9 Å². The summed E-state index contributed by atoms with van der Waals surface area (Å²) >= 11 is 6.13. The molecule has 1 heterocycles. The fraction of sp³-hybridized carbons (Fsp3) is 0.316. The highest BCUT2D eigenvalue weighted by molar-refractivity contribution is 7.89. The average Bonchev–Trinajstić information content (AvgIpc) is 2.69. The molecular formula is C19H20ClNO5S. The summed E-state index contributed by atoms with van der Waals surface area (Å²) in [6, 6.07) is 13.0. The van der Waals surface area contributed by atoms with Crippen LogP contribution >= 0.6 is 11.6 Å². The number of hydrogen-bond donors (Lipinski definition) is 0. The lowest BCUT2D eigenvalue weighted by Gasteiger charge is -2.26. The SMILES string of the molecule is C[C@H](OC(=O)c1cccc(S(=O)(=O)N2CCOCC2)c1)c1ccccc1Cl. The Hall–Kier alpha value is -1.93. The molecule has 3 rings (SSSR count). The molecule has 0 amide bonds. The molecule has 2 aromatic rings. The van der Waals surface area contributed by atoms with Crippen LogP contribution in [0.4, 0.5) is 0 Å². The summed E-state index contributed by atoms with van der Waals surface area (Å²) in [5.74, 6) is -0.610. The van der Waals surface area contributed by atoms with Crippen LogP contribution in [0.15, 0.2) is 53.4 Å². The number of carbonyl (C=O) groups excluding carboxylic acids is 1. The smallest absolute Gasteiger partial charge is 0.338 e. The first-order valence-electron chi connectivity index (χ1n) is 8.53. The Morgan fingerprint density at radius 1 is 1.15 bits per heavy atom. The van der Waals surface area contributed by atoms with E-state index in [1.54, 1.807) is 31.2 Å². The highest BCUT2D eigenvalue weighted by Crippen LogP contribution is 2.26. The lowest BCUT2D eigenvalue weighted by molar-refractivity contribution is 0.0338. The van der Waals surface area contributed by atoms with Crippen molar-refractivity contribution in [3.63, 3.8) is 0 Å². The number of hydrogen-bond acceptors (Lipinski definition) is 5. The van der Waals surface area contributed by atoms with Crippen LogP contribution in [0.2, 0.25) is 5.02 Å². The molecule has 1 aliphatic heterocycles. The van der Waals surface area contributed by atoms with Crippen molar-refractivity contribution < 1.29 is 22.7 Å². The van der Waals surface area contributed by atoms with Crippen molar-refractivity contribution in [2.24, 2.45) is 0 Å². The number of sulfonamides is 1. The molecule has 1 atom stereocenters. The van der Waals surface area contributed by atoms with Crippen LogP contribution in [0.3, 0.4) is 0 Å². The third kappa shape index (κ3) is 4.50. The van der Waals surface area contributed by atoms with Crippen molar-refractivity contribution in [2.75, 3.05) is 26.3 Å². The van der Waals surface area contributed by atoms with Gasteiger partial charge in [-0.2, -0.15) is 4.31 Å². The van der Waals surface area contributed by atoms with E-state index in [0.29, 0.717) is 36.9 Å². The van der Waals surface area contributed by atoms with Crippen LogP contribution in [0.25, 0.3) is 0 Å². The van der Waals surface area contributed by atoms with Crippen LogP contribution < -0.4 is 0 Å². The fourth-order valence-corrected chi connectivity index (χ4v) is 4.56. The summed E-state index contributed by atoms with van der Waals surface area (Å²) in [7, 11) is -3.68. The van der Waals surface area contributed by atoms with E-state index in [9.17, 15) is 13.2 Å². The van der Waals surface area contributed by atoms with Gasteiger partial charge in [-0.15, -0.1) is 0 Å². The summed E-state index contributed by atoms with van der Waals surface area (Å²) in [5.41, 5.74) is 0.854. The van der Waals surface area contributed by atoms with Gasteiger partial charge in [0.25, 0.3) is 0 Å². The number of ether oxygens (including phenoxy) is 2. The first-order chi connectivity index (χ1) is 12.9. The molecule has 0 saturated carbocycles. The predicted octanol–water partition coefficient (Wildman–Crippen LogP) is 3.28. The zero-order valence-electron chi connectivity index (χ0n) is 14.8. The molecule has 8 heteroatoms. The molecule has 0 unspecified atom stereocenters. The largest absolute Gasteiger partial charge is 0.454 e. The monoisotopic (exact) mass is 409 g/mol. The summed E-state index contributed by atoms with van der Waals surface area (Å²) < 4.78 is 37.5. The average molecular weight is 410 g/mol. The van der Waals surface area contributed by atoms with E-state index in [2.05, 4.69) is 0 Å². The molecule has 0 spiro atoms. The molecule has 144 valence electrons. The molecule has 1 fully saturated rings. The third-order valence-corrected chi connectivity index (χ3v) is 6.54. The van der Waals surface area contributed by atoms with Gasteiger partial charge in [0.05, 0.1) is 23.7 Å². The first-order valence-corrected chi connectivity index (χ1v) is 10.3. The number of morpholine rings is 1. The highest BCUT2D eigenvalue weighted by Gasteiger charge is 2.27. The van der Waals surface area contributed by atoms with Crippen molar-refractivity contribution in [3.8, 4) is 0 Å². The first kappa shape index (κ1) is 19.8. The lowest BCUT2D eigenvalue weighted by Crippen LogP contribution is -2.40. The van der Waals surface area contributed by atoms with Gasteiger partial charge in [-0.3, -0.25) is 0 Å². The Morgan fingerprint density at radius 2 is 1.85 bits per heavy atom. The summed E-state index contributed by atoms with van der Waals surface area (Å²) in [4.78, 5) is 12.6. The fourth-order valence-electron chi connectivity index (χ4n) is 2.82. The highest BCUT2D eigenvalue weighted by atomic mass is 35.5. The Bertz CT molecular complexity index is 925. The van der Waals surface area contributed by atoms with E-state index >= 15 is 0 Å². The molecule has 1 aliphatic rings. The Kier molecular flexibility index (Phi) is 6.16. The van der Waals surface area contributed by atoms with Crippen LogP contribution in [0, 0.1) is 0 Å². The van der Waals surface area contributed by atoms with Gasteiger partial charge in [0.2, 0.25) is 10.0 Å². The normalized spacial score (nSPS) is 16.7. The molecule has 0 N–H and O–H groups in total. The van der Waals surface area contributed by atoms with Gasteiger partial charge in [0, 0.05) is 23.7 Å². The standard InChI is InChI=1S/C19H20ClNO5S/c1-14(17-7-2-3-8-18(17)20)26-19(22)15-5-4-6-16(13-15)27(23,24)21-9-11-25-12-10-21/h2-8,13-14H,9-12H2,1H3/t14-/m0/s1. The van der Waals surface area contributed by atoms with Crippen molar-refractivity contribution in [2.45, 2.75) is 17.9 Å².